The minimum atomic E-state index is 1.04. The average Bonchev–Trinajstić information content (AvgIpc) is 3.19. The van der Waals surface area contributed by atoms with E-state index in [1.54, 1.807) is 0 Å². The SMILES string of the molecule is C=C/C=C(\C=C)c1cc(-c2ccccc2)cc(-c2c3ccccc3c(-c3cc(C4=CCCC=C4)cc(-c4ccccc4)c3)c3ccccc23)c1. The Morgan fingerprint density at radius 2 is 0.920 bits per heavy atom. The molecule has 0 bridgehead atoms. The highest BCUT2D eigenvalue weighted by Crippen LogP contribution is 2.46. The minimum Gasteiger partial charge on any atom is -0.0990 e. The van der Waals surface area contributed by atoms with E-state index in [4.69, 9.17) is 0 Å². The van der Waals surface area contributed by atoms with Crippen molar-refractivity contribution >= 4 is 32.7 Å². The summed E-state index contributed by atoms with van der Waals surface area (Å²) in [5.41, 5.74) is 14.4. The summed E-state index contributed by atoms with van der Waals surface area (Å²) in [5, 5.41) is 4.94. The molecule has 0 fully saturated rings. The molecule has 8 rings (SSSR count). The lowest BCUT2D eigenvalue weighted by atomic mass is 9.83. The molecule has 0 aromatic heterocycles. The summed E-state index contributed by atoms with van der Waals surface area (Å²) in [5.74, 6) is 0. The van der Waals surface area contributed by atoms with Crippen molar-refractivity contribution in [3.63, 3.8) is 0 Å². The highest BCUT2D eigenvalue weighted by Gasteiger charge is 2.19. The van der Waals surface area contributed by atoms with E-state index in [-0.39, 0.29) is 0 Å². The Hall–Kier alpha value is -6.24. The van der Waals surface area contributed by atoms with Gasteiger partial charge in [-0.1, -0.05) is 159 Å². The van der Waals surface area contributed by atoms with Crippen molar-refractivity contribution < 1.29 is 0 Å². The van der Waals surface area contributed by atoms with Gasteiger partial charge in [0.25, 0.3) is 0 Å². The first kappa shape index (κ1) is 31.1. The van der Waals surface area contributed by atoms with Crippen molar-refractivity contribution in [2.24, 2.45) is 0 Å². The van der Waals surface area contributed by atoms with Crippen molar-refractivity contribution in [2.75, 3.05) is 0 Å². The van der Waals surface area contributed by atoms with E-state index in [2.05, 4.69) is 177 Å². The molecule has 0 N–H and O–H groups in total. The summed E-state index contributed by atoms with van der Waals surface area (Å²) in [6, 6.07) is 53.3. The Bertz CT molecular complexity index is 2430. The van der Waals surface area contributed by atoms with Crippen LogP contribution >= 0.6 is 0 Å². The third kappa shape index (κ3) is 5.87. The maximum Gasteiger partial charge on any atom is -0.00259 e. The molecule has 0 saturated carbocycles. The summed E-state index contributed by atoms with van der Waals surface area (Å²) < 4.78 is 0. The Kier molecular flexibility index (Phi) is 8.51. The van der Waals surface area contributed by atoms with Crippen LogP contribution in [0.4, 0.5) is 0 Å². The first-order valence-electron chi connectivity index (χ1n) is 17.4. The molecule has 0 atom stereocenters. The maximum absolute atomic E-state index is 4.15. The largest absolute Gasteiger partial charge is 0.0990 e. The number of benzene rings is 7. The van der Waals surface area contributed by atoms with Crippen LogP contribution < -0.4 is 0 Å². The van der Waals surface area contributed by atoms with Gasteiger partial charge in [0.05, 0.1) is 0 Å². The summed E-state index contributed by atoms with van der Waals surface area (Å²) in [4.78, 5) is 0. The van der Waals surface area contributed by atoms with Crippen molar-refractivity contribution in [1.29, 1.82) is 0 Å². The van der Waals surface area contributed by atoms with Gasteiger partial charge in [-0.15, -0.1) is 0 Å². The predicted octanol–water partition coefficient (Wildman–Crippen LogP) is 14.1. The van der Waals surface area contributed by atoms with E-state index >= 15 is 0 Å². The summed E-state index contributed by atoms with van der Waals surface area (Å²) >= 11 is 0. The number of hydrogen-bond donors (Lipinski definition) is 0. The van der Waals surface area contributed by atoms with E-state index in [9.17, 15) is 0 Å². The smallest absolute Gasteiger partial charge is 0.00259 e. The van der Waals surface area contributed by atoms with Crippen molar-refractivity contribution in [3.8, 4) is 44.5 Å². The van der Waals surface area contributed by atoms with Gasteiger partial charge in [-0.05, 0) is 138 Å². The predicted molar refractivity (Wildman–Crippen MR) is 218 cm³/mol. The van der Waals surface area contributed by atoms with Crippen LogP contribution in [0, 0.1) is 0 Å². The number of rotatable bonds is 8. The molecule has 0 heteroatoms. The molecule has 1 aliphatic rings. The summed E-state index contributed by atoms with van der Waals surface area (Å²) in [6.07, 6.45) is 14.9. The van der Waals surface area contributed by atoms with E-state index < -0.39 is 0 Å². The van der Waals surface area contributed by atoms with Crippen molar-refractivity contribution in [2.45, 2.75) is 12.8 Å². The van der Waals surface area contributed by atoms with Crippen LogP contribution in [0.1, 0.15) is 24.0 Å². The second-order valence-corrected chi connectivity index (χ2v) is 12.9. The topological polar surface area (TPSA) is 0 Å². The Morgan fingerprint density at radius 1 is 0.460 bits per heavy atom. The maximum atomic E-state index is 4.15. The van der Waals surface area contributed by atoms with Crippen molar-refractivity contribution in [1.82, 2.24) is 0 Å². The fraction of sp³-hybridized carbons (Fsp3) is 0.0400. The van der Waals surface area contributed by atoms with Crippen LogP contribution in [0.15, 0.2) is 195 Å². The van der Waals surface area contributed by atoms with E-state index in [0.717, 1.165) is 24.0 Å². The van der Waals surface area contributed by atoms with Gasteiger partial charge >= 0.3 is 0 Å². The Labute approximate surface area is 295 Å². The normalized spacial score (nSPS) is 13.0. The van der Waals surface area contributed by atoms with Gasteiger partial charge in [-0.25, -0.2) is 0 Å². The summed E-state index contributed by atoms with van der Waals surface area (Å²) in [7, 11) is 0. The molecule has 0 spiro atoms. The number of allylic oxidation sites excluding steroid dienone is 8. The first-order chi connectivity index (χ1) is 24.7. The van der Waals surface area contributed by atoms with E-state index in [1.807, 2.05) is 18.2 Å². The van der Waals surface area contributed by atoms with Crippen LogP contribution in [-0.2, 0) is 0 Å². The van der Waals surface area contributed by atoms with Gasteiger partial charge in [0, 0.05) is 0 Å². The lowest BCUT2D eigenvalue weighted by molar-refractivity contribution is 1.04. The van der Waals surface area contributed by atoms with Gasteiger partial charge in [0.1, 0.15) is 0 Å². The molecular weight excluding hydrogens is 601 g/mol. The van der Waals surface area contributed by atoms with Gasteiger partial charge in [0.15, 0.2) is 0 Å². The van der Waals surface area contributed by atoms with Crippen LogP contribution in [0.3, 0.4) is 0 Å². The van der Waals surface area contributed by atoms with Gasteiger partial charge < -0.3 is 0 Å². The molecule has 0 amide bonds. The molecule has 1 aliphatic carbocycles. The third-order valence-corrected chi connectivity index (χ3v) is 9.77. The molecule has 50 heavy (non-hydrogen) atoms. The average molecular weight is 639 g/mol. The fourth-order valence-electron chi connectivity index (χ4n) is 7.46. The second-order valence-electron chi connectivity index (χ2n) is 12.9. The highest BCUT2D eigenvalue weighted by molar-refractivity contribution is 6.22. The Balaban J connectivity index is 1.45. The quantitative estimate of drug-likeness (QED) is 0.115. The second kappa shape index (κ2) is 13.7. The molecule has 7 aromatic carbocycles. The molecule has 238 valence electrons. The molecule has 0 aliphatic heterocycles. The van der Waals surface area contributed by atoms with Gasteiger partial charge in [-0.3, -0.25) is 0 Å². The molecule has 0 saturated heterocycles. The third-order valence-electron chi connectivity index (χ3n) is 9.77. The zero-order valence-electron chi connectivity index (χ0n) is 28.1. The fourth-order valence-corrected chi connectivity index (χ4v) is 7.46. The molecule has 0 unspecified atom stereocenters. The molecule has 0 radical (unpaired) electrons. The number of fused-ring (bicyclic) bond motifs is 2. The molecule has 7 aromatic rings. The highest BCUT2D eigenvalue weighted by atomic mass is 14.2. The van der Waals surface area contributed by atoms with Crippen LogP contribution in [0.25, 0.3) is 77.2 Å². The van der Waals surface area contributed by atoms with E-state index in [0.29, 0.717) is 0 Å². The lowest BCUT2D eigenvalue weighted by Gasteiger charge is -2.20. The zero-order chi connectivity index (χ0) is 33.9. The molecule has 0 nitrogen and oxygen atoms in total. The van der Waals surface area contributed by atoms with Crippen LogP contribution in [0.2, 0.25) is 0 Å². The Morgan fingerprint density at radius 3 is 1.42 bits per heavy atom. The minimum absolute atomic E-state index is 1.04. The number of hydrogen-bond acceptors (Lipinski definition) is 0. The molecular formula is C50H38. The van der Waals surface area contributed by atoms with Crippen molar-refractivity contribution in [3.05, 3.63) is 206 Å². The van der Waals surface area contributed by atoms with Crippen LogP contribution in [-0.4, -0.2) is 0 Å². The lowest BCUT2D eigenvalue weighted by Crippen LogP contribution is -1.94. The molecule has 0 heterocycles. The van der Waals surface area contributed by atoms with Gasteiger partial charge in [-0.2, -0.15) is 0 Å². The van der Waals surface area contributed by atoms with E-state index in [1.165, 1.54) is 77.2 Å². The standard InChI is InChI=1S/C50H38/c1-3-18-35(4-2)39-29-40(36-19-8-5-9-20-36)32-43(31-39)49-45-25-14-16-27-47(45)50(48-28-17-15-26-46(48)49)44-33-41(37-21-10-6-11-22-37)30-42(34-44)38-23-12-7-13-24-38/h3-6,8-12,14-34H,1-2,7,13H2/b35-18+. The monoisotopic (exact) mass is 638 g/mol. The first-order valence-corrected chi connectivity index (χ1v) is 17.4. The van der Waals surface area contributed by atoms with Crippen LogP contribution in [0.5, 0.6) is 0 Å². The summed E-state index contributed by atoms with van der Waals surface area (Å²) in [6.45, 7) is 8.14. The zero-order valence-corrected chi connectivity index (χ0v) is 28.1. The van der Waals surface area contributed by atoms with Gasteiger partial charge in [0.2, 0.25) is 0 Å².